The lowest BCUT2D eigenvalue weighted by Crippen LogP contribution is -2.38. The summed E-state index contributed by atoms with van der Waals surface area (Å²) in [6, 6.07) is 7.92. The Hall–Kier alpha value is -1.57. The fraction of sp³-hybridized carbons (Fsp3) is 0.550. The third-order valence-corrected chi connectivity index (χ3v) is 5.19. The van der Waals surface area contributed by atoms with Crippen molar-refractivity contribution in [3.63, 3.8) is 0 Å². The van der Waals surface area contributed by atoms with Crippen molar-refractivity contribution in [3.8, 4) is 5.75 Å². The molecule has 0 amide bonds. The minimum Gasteiger partial charge on any atom is -0.492 e. The molecule has 0 radical (unpaired) electrons. The molecule has 7 heteroatoms. The molecule has 0 unspecified atom stereocenters. The number of rotatable bonds is 8. The molecule has 2 heterocycles. The van der Waals surface area contributed by atoms with Gasteiger partial charge in [-0.1, -0.05) is 29.8 Å². The van der Waals surface area contributed by atoms with E-state index in [9.17, 15) is 0 Å². The maximum atomic E-state index is 5.80. The van der Waals surface area contributed by atoms with Gasteiger partial charge in [0.1, 0.15) is 18.2 Å². The van der Waals surface area contributed by atoms with Crippen LogP contribution in [0.15, 0.2) is 28.7 Å². The molecule has 1 aromatic carbocycles. The van der Waals surface area contributed by atoms with Gasteiger partial charge in [0.25, 0.3) is 0 Å². The summed E-state index contributed by atoms with van der Waals surface area (Å²) >= 11 is 3.44. The van der Waals surface area contributed by atoms with Crippen LogP contribution in [0, 0.1) is 0 Å². The van der Waals surface area contributed by atoms with Crippen LogP contribution in [0.25, 0.3) is 0 Å². The van der Waals surface area contributed by atoms with Crippen molar-refractivity contribution >= 4 is 21.7 Å². The Morgan fingerprint density at radius 2 is 1.93 bits per heavy atom. The summed E-state index contributed by atoms with van der Waals surface area (Å²) in [5.74, 6) is 2.49. The molecular weight excluding hydrogens is 408 g/mol. The molecule has 0 saturated carbocycles. The highest BCUT2D eigenvalue weighted by atomic mass is 79.9. The number of halogens is 1. The van der Waals surface area contributed by atoms with Gasteiger partial charge >= 0.3 is 0 Å². The van der Waals surface area contributed by atoms with Gasteiger partial charge < -0.3 is 19.7 Å². The fourth-order valence-corrected chi connectivity index (χ4v) is 3.63. The summed E-state index contributed by atoms with van der Waals surface area (Å²) in [4.78, 5) is 2.39. The van der Waals surface area contributed by atoms with Gasteiger partial charge in [-0.25, -0.2) is 0 Å². The van der Waals surface area contributed by atoms with Crippen molar-refractivity contribution in [1.82, 2.24) is 15.1 Å². The Morgan fingerprint density at radius 1 is 1.22 bits per heavy atom. The lowest BCUT2D eigenvalue weighted by atomic mass is 10.1. The van der Waals surface area contributed by atoms with E-state index in [1.54, 1.807) is 0 Å². The normalized spacial score (nSPS) is 14.8. The average Bonchev–Trinajstić information content (AvgIpc) is 3.00. The second-order valence-electron chi connectivity index (χ2n) is 7.04. The van der Waals surface area contributed by atoms with Gasteiger partial charge in [-0.15, -0.1) is 0 Å². The van der Waals surface area contributed by atoms with Crippen LogP contribution in [0.1, 0.15) is 31.0 Å². The van der Waals surface area contributed by atoms with Crippen molar-refractivity contribution in [3.05, 3.63) is 40.0 Å². The van der Waals surface area contributed by atoms with Crippen LogP contribution in [-0.2, 0) is 18.3 Å². The summed E-state index contributed by atoms with van der Waals surface area (Å²) < 4.78 is 14.4. The number of nitrogens with zero attached hydrogens (tertiary/aromatic N) is 3. The van der Waals surface area contributed by atoms with Gasteiger partial charge in [0.05, 0.1) is 18.9 Å². The van der Waals surface area contributed by atoms with Crippen LogP contribution < -0.4 is 15.0 Å². The highest BCUT2D eigenvalue weighted by molar-refractivity contribution is 9.10. The summed E-state index contributed by atoms with van der Waals surface area (Å²) in [5.41, 5.74) is 2.46. The quantitative estimate of drug-likeness (QED) is 0.643. The van der Waals surface area contributed by atoms with E-state index in [-0.39, 0.29) is 0 Å². The van der Waals surface area contributed by atoms with Crippen molar-refractivity contribution in [2.45, 2.75) is 26.3 Å². The van der Waals surface area contributed by atoms with Crippen LogP contribution in [0.2, 0.25) is 0 Å². The monoisotopic (exact) mass is 436 g/mol. The number of morpholine rings is 1. The molecule has 1 aliphatic rings. The van der Waals surface area contributed by atoms with Gasteiger partial charge in [-0.2, -0.15) is 5.10 Å². The molecule has 27 heavy (non-hydrogen) atoms. The Labute approximate surface area is 170 Å². The Kier molecular flexibility index (Phi) is 7.15. The van der Waals surface area contributed by atoms with Gasteiger partial charge in [0, 0.05) is 43.3 Å². The number of aromatic nitrogens is 2. The molecule has 1 saturated heterocycles. The Balaban J connectivity index is 1.60. The molecule has 0 bridgehead atoms. The average molecular weight is 437 g/mol. The SMILES string of the molecule is CC(C)c1nn(C)c(N2CCOCC2)c1CNCCOc1ccc(Br)cc1. The summed E-state index contributed by atoms with van der Waals surface area (Å²) in [7, 11) is 2.04. The number of anilines is 1. The van der Waals surface area contributed by atoms with Crippen LogP contribution in [0.5, 0.6) is 5.75 Å². The topological polar surface area (TPSA) is 51.5 Å². The zero-order chi connectivity index (χ0) is 19.2. The summed E-state index contributed by atoms with van der Waals surface area (Å²) in [6.45, 7) is 9.98. The van der Waals surface area contributed by atoms with E-state index < -0.39 is 0 Å². The van der Waals surface area contributed by atoms with Crippen LogP contribution >= 0.6 is 15.9 Å². The molecule has 1 fully saturated rings. The van der Waals surface area contributed by atoms with Crippen molar-refractivity contribution in [1.29, 1.82) is 0 Å². The second-order valence-corrected chi connectivity index (χ2v) is 7.96. The first kappa shape index (κ1) is 20.2. The predicted molar refractivity (Wildman–Crippen MR) is 112 cm³/mol. The molecule has 1 N–H and O–H groups in total. The minimum atomic E-state index is 0.391. The first-order valence-electron chi connectivity index (χ1n) is 9.54. The minimum absolute atomic E-state index is 0.391. The highest BCUT2D eigenvalue weighted by Gasteiger charge is 2.23. The third kappa shape index (κ3) is 5.24. The number of ether oxygens (including phenoxy) is 2. The number of nitrogens with one attached hydrogen (secondary N) is 1. The van der Waals surface area contributed by atoms with E-state index in [2.05, 4.69) is 40.0 Å². The number of hydrogen-bond acceptors (Lipinski definition) is 5. The largest absolute Gasteiger partial charge is 0.492 e. The fourth-order valence-electron chi connectivity index (χ4n) is 3.37. The number of hydrogen-bond donors (Lipinski definition) is 1. The van der Waals surface area contributed by atoms with Crippen LogP contribution in [-0.4, -0.2) is 49.2 Å². The molecule has 0 aliphatic carbocycles. The van der Waals surface area contributed by atoms with Gasteiger partial charge in [0.15, 0.2) is 0 Å². The maximum absolute atomic E-state index is 5.80. The smallest absolute Gasteiger partial charge is 0.131 e. The first-order valence-corrected chi connectivity index (χ1v) is 10.3. The molecule has 6 nitrogen and oxygen atoms in total. The first-order chi connectivity index (χ1) is 13.1. The van der Waals surface area contributed by atoms with E-state index in [1.807, 2.05) is 36.0 Å². The molecule has 0 spiro atoms. The van der Waals surface area contributed by atoms with Crippen molar-refractivity contribution < 1.29 is 9.47 Å². The Bertz CT molecular complexity index is 724. The molecule has 1 aliphatic heterocycles. The van der Waals surface area contributed by atoms with Gasteiger partial charge in [0.2, 0.25) is 0 Å². The van der Waals surface area contributed by atoms with Gasteiger partial charge in [-0.05, 0) is 30.2 Å². The van der Waals surface area contributed by atoms with E-state index in [4.69, 9.17) is 14.6 Å². The number of aryl methyl sites for hydroxylation is 1. The number of benzene rings is 1. The zero-order valence-corrected chi connectivity index (χ0v) is 18.0. The third-order valence-electron chi connectivity index (χ3n) is 4.66. The van der Waals surface area contributed by atoms with Crippen molar-refractivity contribution in [2.75, 3.05) is 44.4 Å². The Morgan fingerprint density at radius 3 is 2.59 bits per heavy atom. The zero-order valence-electron chi connectivity index (χ0n) is 16.4. The molecule has 3 rings (SSSR count). The lowest BCUT2D eigenvalue weighted by Gasteiger charge is -2.29. The van der Waals surface area contributed by atoms with E-state index in [0.29, 0.717) is 12.5 Å². The van der Waals surface area contributed by atoms with E-state index in [1.165, 1.54) is 17.1 Å². The molecular formula is C20H29BrN4O2. The predicted octanol–water partition coefficient (Wildman–Crippen LogP) is 3.31. The van der Waals surface area contributed by atoms with E-state index >= 15 is 0 Å². The van der Waals surface area contributed by atoms with E-state index in [0.717, 1.165) is 49.6 Å². The molecule has 2 aromatic rings. The summed E-state index contributed by atoms with van der Waals surface area (Å²) in [6.07, 6.45) is 0. The standard InChI is InChI=1S/C20H29BrN4O2/c1-15(2)19-18(20(24(3)23-19)25-9-12-26-13-10-25)14-22-8-11-27-17-6-4-16(21)5-7-17/h4-7,15,22H,8-14H2,1-3H3. The van der Waals surface area contributed by atoms with Crippen LogP contribution in [0.3, 0.4) is 0 Å². The second kappa shape index (κ2) is 9.57. The summed E-state index contributed by atoms with van der Waals surface area (Å²) in [5, 5.41) is 8.32. The highest BCUT2D eigenvalue weighted by Crippen LogP contribution is 2.28. The lowest BCUT2D eigenvalue weighted by molar-refractivity contribution is 0.122. The molecule has 148 valence electrons. The molecule has 1 aromatic heterocycles. The van der Waals surface area contributed by atoms with Gasteiger partial charge in [-0.3, -0.25) is 4.68 Å². The maximum Gasteiger partial charge on any atom is 0.131 e. The van der Waals surface area contributed by atoms with Crippen LogP contribution in [0.4, 0.5) is 5.82 Å². The molecule has 0 atom stereocenters. The van der Waals surface area contributed by atoms with Crippen molar-refractivity contribution in [2.24, 2.45) is 7.05 Å².